The molecular formula is C23H24N4O4S2. The molecule has 33 heavy (non-hydrogen) atoms. The van der Waals surface area contributed by atoms with E-state index >= 15 is 0 Å². The van der Waals surface area contributed by atoms with Crippen LogP contribution in [0.15, 0.2) is 69.6 Å². The molecule has 1 fully saturated rings. The molecule has 0 atom stereocenters. The van der Waals surface area contributed by atoms with Crippen molar-refractivity contribution in [2.24, 2.45) is 0 Å². The zero-order valence-corrected chi connectivity index (χ0v) is 19.8. The van der Waals surface area contributed by atoms with Gasteiger partial charge in [0, 0.05) is 37.2 Å². The van der Waals surface area contributed by atoms with Gasteiger partial charge in [0.15, 0.2) is 0 Å². The van der Waals surface area contributed by atoms with Gasteiger partial charge in [-0.2, -0.15) is 4.31 Å². The maximum Gasteiger partial charge on any atom is 0.277 e. The number of aromatic nitrogens is 2. The maximum atomic E-state index is 12.6. The molecule has 1 saturated heterocycles. The Kier molecular flexibility index (Phi) is 7.26. The van der Waals surface area contributed by atoms with E-state index in [9.17, 15) is 13.2 Å². The van der Waals surface area contributed by atoms with Gasteiger partial charge in [0.1, 0.15) is 0 Å². The Morgan fingerprint density at radius 2 is 1.82 bits per heavy atom. The second kappa shape index (κ2) is 10.3. The summed E-state index contributed by atoms with van der Waals surface area (Å²) in [6.45, 7) is 3.19. The Labute approximate surface area is 197 Å². The number of amides is 1. The fourth-order valence-corrected chi connectivity index (χ4v) is 5.22. The molecule has 0 aliphatic carbocycles. The van der Waals surface area contributed by atoms with Crippen molar-refractivity contribution in [1.82, 2.24) is 19.4 Å². The number of hydrogen-bond acceptors (Lipinski definition) is 7. The minimum Gasteiger partial charge on any atom is -0.411 e. The van der Waals surface area contributed by atoms with Crippen molar-refractivity contribution in [2.75, 3.05) is 31.9 Å². The van der Waals surface area contributed by atoms with Gasteiger partial charge in [-0.15, -0.1) is 10.2 Å². The van der Waals surface area contributed by atoms with E-state index in [1.54, 1.807) is 11.0 Å². The van der Waals surface area contributed by atoms with Gasteiger partial charge in [0.05, 0.1) is 5.75 Å². The molecule has 3 aromatic rings. The molecule has 1 aliphatic heterocycles. The Morgan fingerprint density at radius 3 is 2.55 bits per heavy atom. The van der Waals surface area contributed by atoms with E-state index in [-0.39, 0.29) is 24.7 Å². The van der Waals surface area contributed by atoms with Gasteiger partial charge in [-0.3, -0.25) is 4.79 Å². The van der Waals surface area contributed by atoms with Crippen molar-refractivity contribution < 1.29 is 17.6 Å². The summed E-state index contributed by atoms with van der Waals surface area (Å²) in [6, 6.07) is 17.0. The van der Waals surface area contributed by atoms with E-state index < -0.39 is 10.0 Å². The predicted octanol–water partition coefficient (Wildman–Crippen LogP) is 3.28. The van der Waals surface area contributed by atoms with Crippen molar-refractivity contribution in [2.45, 2.75) is 12.1 Å². The third-order valence-corrected chi connectivity index (χ3v) is 7.54. The molecule has 2 heterocycles. The number of benzene rings is 2. The summed E-state index contributed by atoms with van der Waals surface area (Å²) in [6.07, 6.45) is 1.58. The normalized spacial score (nSPS) is 15.2. The number of hydrogen-bond donors (Lipinski definition) is 0. The largest absolute Gasteiger partial charge is 0.411 e. The van der Waals surface area contributed by atoms with Gasteiger partial charge in [0.2, 0.25) is 21.8 Å². The van der Waals surface area contributed by atoms with Crippen LogP contribution in [-0.2, 0) is 14.8 Å². The summed E-state index contributed by atoms with van der Waals surface area (Å²) in [7, 11) is -3.54. The van der Waals surface area contributed by atoms with Crippen LogP contribution in [0.2, 0.25) is 0 Å². The second-order valence-electron chi connectivity index (χ2n) is 7.57. The van der Waals surface area contributed by atoms with Crippen LogP contribution in [0.4, 0.5) is 0 Å². The number of carbonyl (C=O) groups is 1. The van der Waals surface area contributed by atoms with Crippen LogP contribution in [0.25, 0.3) is 17.5 Å². The molecule has 1 aliphatic rings. The number of piperazine rings is 1. The van der Waals surface area contributed by atoms with Gasteiger partial charge in [-0.05, 0) is 30.7 Å². The Hall–Kier alpha value is -2.95. The topological polar surface area (TPSA) is 96.6 Å². The van der Waals surface area contributed by atoms with Crippen LogP contribution in [0.3, 0.4) is 0 Å². The Morgan fingerprint density at radius 1 is 1.06 bits per heavy atom. The average Bonchev–Trinajstić information content (AvgIpc) is 3.31. The molecule has 0 N–H and O–H groups in total. The molecule has 8 nitrogen and oxygen atoms in total. The first kappa shape index (κ1) is 23.2. The number of rotatable bonds is 7. The standard InChI is InChI=1S/C23H24N4O4S2/c1-18-6-5-9-20(16-18)22-24-25-23(31-22)32-17-21(28)26-11-13-27(14-12-26)33(29,30)15-10-19-7-3-2-4-8-19/h2-10,15-16H,11-14,17H2,1H3/b15-10+. The molecule has 0 spiro atoms. The highest BCUT2D eigenvalue weighted by Gasteiger charge is 2.27. The van der Waals surface area contributed by atoms with Crippen LogP contribution >= 0.6 is 11.8 Å². The fraction of sp³-hybridized carbons (Fsp3) is 0.261. The molecule has 0 radical (unpaired) electrons. The van der Waals surface area contributed by atoms with Crippen LogP contribution < -0.4 is 0 Å². The highest BCUT2D eigenvalue weighted by Crippen LogP contribution is 2.24. The quantitative estimate of drug-likeness (QED) is 0.475. The fourth-order valence-electron chi connectivity index (χ4n) is 3.38. The number of thioether (sulfide) groups is 1. The van der Waals surface area contributed by atoms with E-state index in [0.29, 0.717) is 24.2 Å². The Bertz CT molecular complexity index is 1230. The van der Waals surface area contributed by atoms with Gasteiger partial charge in [-0.1, -0.05) is 59.8 Å². The second-order valence-corrected chi connectivity index (χ2v) is 10.3. The van der Waals surface area contributed by atoms with Crippen molar-refractivity contribution in [3.05, 3.63) is 71.1 Å². The Balaban J connectivity index is 1.27. The lowest BCUT2D eigenvalue weighted by Crippen LogP contribution is -2.50. The number of carbonyl (C=O) groups excluding carboxylic acids is 1. The molecule has 4 rings (SSSR count). The van der Waals surface area contributed by atoms with Crippen LogP contribution in [0.1, 0.15) is 11.1 Å². The van der Waals surface area contributed by atoms with Crippen LogP contribution in [0, 0.1) is 6.92 Å². The molecule has 172 valence electrons. The molecular weight excluding hydrogens is 460 g/mol. The van der Waals surface area contributed by atoms with Gasteiger partial charge in [0.25, 0.3) is 5.22 Å². The summed E-state index contributed by atoms with van der Waals surface area (Å²) in [5, 5.41) is 9.61. The van der Waals surface area contributed by atoms with Crippen molar-refractivity contribution in [3.63, 3.8) is 0 Å². The van der Waals surface area contributed by atoms with E-state index in [4.69, 9.17) is 4.42 Å². The molecule has 0 saturated carbocycles. The highest BCUT2D eigenvalue weighted by atomic mass is 32.2. The van der Waals surface area contributed by atoms with E-state index in [1.165, 1.54) is 21.5 Å². The minimum absolute atomic E-state index is 0.0906. The zero-order chi connectivity index (χ0) is 23.3. The van der Waals surface area contributed by atoms with E-state index in [0.717, 1.165) is 16.7 Å². The first-order valence-electron chi connectivity index (χ1n) is 10.5. The van der Waals surface area contributed by atoms with Crippen LogP contribution in [0.5, 0.6) is 0 Å². The third kappa shape index (κ3) is 6.10. The first-order chi connectivity index (χ1) is 15.9. The molecule has 2 aromatic carbocycles. The van der Waals surface area contributed by atoms with Crippen molar-refractivity contribution >= 4 is 33.8 Å². The number of nitrogens with zero attached hydrogens (tertiary/aromatic N) is 4. The predicted molar refractivity (Wildman–Crippen MR) is 128 cm³/mol. The number of sulfonamides is 1. The zero-order valence-electron chi connectivity index (χ0n) is 18.1. The molecule has 1 amide bonds. The molecule has 0 unspecified atom stereocenters. The number of aryl methyl sites for hydroxylation is 1. The minimum atomic E-state index is -3.54. The summed E-state index contributed by atoms with van der Waals surface area (Å²) >= 11 is 1.18. The van der Waals surface area contributed by atoms with Gasteiger partial charge >= 0.3 is 0 Å². The van der Waals surface area contributed by atoms with E-state index in [2.05, 4.69) is 10.2 Å². The first-order valence-corrected chi connectivity index (χ1v) is 12.9. The summed E-state index contributed by atoms with van der Waals surface area (Å²) in [5.41, 5.74) is 2.74. The lowest BCUT2D eigenvalue weighted by Gasteiger charge is -2.33. The summed E-state index contributed by atoms with van der Waals surface area (Å²) in [4.78, 5) is 14.3. The van der Waals surface area contributed by atoms with E-state index in [1.807, 2.05) is 61.5 Å². The van der Waals surface area contributed by atoms with Crippen molar-refractivity contribution in [1.29, 1.82) is 0 Å². The SMILES string of the molecule is Cc1cccc(-c2nnc(SCC(=O)N3CCN(S(=O)(=O)/C=C/c4ccccc4)CC3)o2)c1. The highest BCUT2D eigenvalue weighted by molar-refractivity contribution is 7.99. The smallest absolute Gasteiger partial charge is 0.277 e. The monoisotopic (exact) mass is 484 g/mol. The summed E-state index contributed by atoms with van der Waals surface area (Å²) in [5.74, 6) is 0.471. The molecule has 0 bridgehead atoms. The van der Waals surface area contributed by atoms with Crippen LogP contribution in [-0.4, -0.2) is 65.7 Å². The lowest BCUT2D eigenvalue weighted by molar-refractivity contribution is -0.129. The molecule has 10 heteroatoms. The van der Waals surface area contributed by atoms with Gasteiger partial charge in [-0.25, -0.2) is 8.42 Å². The molecule has 1 aromatic heterocycles. The average molecular weight is 485 g/mol. The third-order valence-electron chi connectivity index (χ3n) is 5.17. The maximum absolute atomic E-state index is 12.6. The lowest BCUT2D eigenvalue weighted by atomic mass is 10.1. The van der Waals surface area contributed by atoms with Gasteiger partial charge < -0.3 is 9.32 Å². The van der Waals surface area contributed by atoms with Crippen molar-refractivity contribution in [3.8, 4) is 11.5 Å². The summed E-state index contributed by atoms with van der Waals surface area (Å²) < 4.78 is 32.2.